The normalized spacial score (nSPS) is 16.1. The molecule has 32 heavy (non-hydrogen) atoms. The first-order chi connectivity index (χ1) is 15.1. The molecule has 16 heteroatoms. The zero-order valence-corrected chi connectivity index (χ0v) is 18.4. The van der Waals surface area contributed by atoms with Gasteiger partial charge in [0, 0.05) is 6.54 Å². The average Bonchev–Trinajstić information content (AvgIpc) is 3.31. The molecule has 1 N–H and O–H groups in total. The van der Waals surface area contributed by atoms with Crippen molar-refractivity contribution in [3.63, 3.8) is 0 Å². The standard InChI is InChI=1S/C16H14BrF3N6O5S/c17-10-6-9(2-3-11(10)18)26-14(24-30-15(26)27)12-13(23-31-22-12)21-4-1-5-32(28,29)25-7-16(19,20)8-25/h2-3,6H,1,4-5,7-8H2,(H,21,23). The molecule has 0 radical (unpaired) electrons. The van der Waals surface area contributed by atoms with Gasteiger partial charge in [-0.1, -0.05) is 5.16 Å². The first kappa shape index (κ1) is 22.5. The third kappa shape index (κ3) is 4.42. The highest BCUT2D eigenvalue weighted by molar-refractivity contribution is 9.10. The third-order valence-electron chi connectivity index (χ3n) is 4.55. The molecule has 0 saturated carbocycles. The van der Waals surface area contributed by atoms with E-state index in [0.717, 1.165) is 14.9 Å². The van der Waals surface area contributed by atoms with Gasteiger partial charge in [0.15, 0.2) is 5.69 Å². The second-order valence-corrected chi connectivity index (χ2v) is 9.83. The number of hydrogen-bond donors (Lipinski definition) is 1. The summed E-state index contributed by atoms with van der Waals surface area (Å²) in [5.74, 6) is -4.80. The summed E-state index contributed by atoms with van der Waals surface area (Å²) in [6.07, 6.45) is 0.0766. The molecule has 0 amide bonds. The van der Waals surface area contributed by atoms with Crippen LogP contribution in [0.4, 0.5) is 19.0 Å². The van der Waals surface area contributed by atoms with E-state index >= 15 is 0 Å². The summed E-state index contributed by atoms with van der Waals surface area (Å²) in [4.78, 5) is 12.2. The Bertz CT molecular complexity index is 1300. The van der Waals surface area contributed by atoms with E-state index in [0.29, 0.717) is 0 Å². The molecule has 1 saturated heterocycles. The zero-order valence-electron chi connectivity index (χ0n) is 16.0. The van der Waals surface area contributed by atoms with Crippen LogP contribution in [0.2, 0.25) is 0 Å². The number of rotatable bonds is 8. The number of nitrogens with zero attached hydrogens (tertiary/aromatic N) is 5. The number of hydrogen-bond acceptors (Lipinski definition) is 9. The fourth-order valence-corrected chi connectivity index (χ4v) is 4.86. The van der Waals surface area contributed by atoms with Gasteiger partial charge in [-0.2, -0.15) is 4.31 Å². The van der Waals surface area contributed by atoms with Crippen molar-refractivity contribution in [3.05, 3.63) is 39.0 Å². The fraction of sp³-hybridized carbons (Fsp3) is 0.375. The maximum absolute atomic E-state index is 13.5. The van der Waals surface area contributed by atoms with Gasteiger partial charge in [-0.05, 0) is 50.9 Å². The molecular formula is C16H14BrF3N6O5S. The summed E-state index contributed by atoms with van der Waals surface area (Å²) in [7, 11) is -3.80. The number of nitrogens with one attached hydrogen (secondary N) is 1. The third-order valence-corrected chi connectivity index (χ3v) is 7.00. The lowest BCUT2D eigenvalue weighted by molar-refractivity contribution is -0.0945. The molecule has 0 bridgehead atoms. The van der Waals surface area contributed by atoms with E-state index in [2.05, 4.69) is 36.7 Å². The molecule has 1 aliphatic rings. The van der Waals surface area contributed by atoms with Crippen LogP contribution < -0.4 is 11.1 Å². The lowest BCUT2D eigenvalue weighted by Gasteiger charge is -2.37. The molecule has 0 unspecified atom stereocenters. The molecule has 0 aliphatic carbocycles. The van der Waals surface area contributed by atoms with Crippen LogP contribution in [-0.4, -0.2) is 64.1 Å². The summed E-state index contributed by atoms with van der Waals surface area (Å²) in [6.45, 7) is -1.55. The quantitative estimate of drug-likeness (QED) is 0.426. The highest BCUT2D eigenvalue weighted by Gasteiger charge is 2.49. The first-order valence-electron chi connectivity index (χ1n) is 9.04. The molecular weight excluding hydrogens is 525 g/mol. The molecule has 0 atom stereocenters. The molecule has 11 nitrogen and oxygen atoms in total. The second kappa shape index (κ2) is 8.32. The van der Waals surface area contributed by atoms with Gasteiger partial charge in [-0.25, -0.2) is 35.6 Å². The molecule has 1 aromatic carbocycles. The topological polar surface area (TPSA) is 136 Å². The van der Waals surface area contributed by atoms with Gasteiger partial charge < -0.3 is 5.32 Å². The number of halogens is 4. The van der Waals surface area contributed by atoms with E-state index in [1.807, 2.05) is 0 Å². The van der Waals surface area contributed by atoms with Crippen molar-refractivity contribution in [2.75, 3.05) is 30.7 Å². The van der Waals surface area contributed by atoms with Crippen LogP contribution in [0.5, 0.6) is 0 Å². The minimum absolute atomic E-state index is 0.0125. The second-order valence-electron chi connectivity index (χ2n) is 6.89. The Labute approximate surface area is 186 Å². The van der Waals surface area contributed by atoms with Gasteiger partial charge >= 0.3 is 5.76 Å². The summed E-state index contributed by atoms with van der Waals surface area (Å²) in [5, 5.41) is 13.8. The molecule has 4 rings (SSSR count). The molecule has 3 aromatic rings. The monoisotopic (exact) mass is 538 g/mol. The largest absolute Gasteiger partial charge is 0.446 e. The van der Waals surface area contributed by atoms with Crippen molar-refractivity contribution in [2.45, 2.75) is 12.3 Å². The maximum Gasteiger partial charge on any atom is 0.446 e. The van der Waals surface area contributed by atoms with E-state index in [-0.39, 0.29) is 46.2 Å². The van der Waals surface area contributed by atoms with Gasteiger partial charge in [0.05, 0.1) is 29.0 Å². The van der Waals surface area contributed by atoms with E-state index < -0.39 is 40.6 Å². The van der Waals surface area contributed by atoms with Crippen molar-refractivity contribution in [1.29, 1.82) is 0 Å². The number of benzene rings is 1. The first-order valence-corrected chi connectivity index (χ1v) is 11.4. The summed E-state index contributed by atoms with van der Waals surface area (Å²) in [5.41, 5.74) is 0.215. The molecule has 172 valence electrons. The molecule has 1 aliphatic heterocycles. The summed E-state index contributed by atoms with van der Waals surface area (Å²) in [6, 6.07) is 3.80. The van der Waals surface area contributed by atoms with Crippen molar-refractivity contribution < 1.29 is 30.7 Å². The highest BCUT2D eigenvalue weighted by atomic mass is 79.9. The Morgan fingerprint density at radius 2 is 1.97 bits per heavy atom. The predicted octanol–water partition coefficient (Wildman–Crippen LogP) is 1.86. The number of alkyl halides is 2. The van der Waals surface area contributed by atoms with Gasteiger partial charge in [0.2, 0.25) is 21.7 Å². The lowest BCUT2D eigenvalue weighted by atomic mass is 10.2. The van der Waals surface area contributed by atoms with Gasteiger partial charge in [-0.3, -0.25) is 4.52 Å². The SMILES string of the molecule is O=c1onc(-c2nonc2NCCCS(=O)(=O)N2CC(F)(F)C2)n1-c1ccc(F)c(Br)c1. The number of aromatic nitrogens is 4. The number of sulfonamides is 1. The minimum Gasteiger partial charge on any atom is -0.365 e. The van der Waals surface area contributed by atoms with Crippen LogP contribution >= 0.6 is 15.9 Å². The van der Waals surface area contributed by atoms with E-state index in [9.17, 15) is 26.4 Å². The van der Waals surface area contributed by atoms with Gasteiger partial charge in [0.1, 0.15) is 5.82 Å². The predicted molar refractivity (Wildman–Crippen MR) is 106 cm³/mol. The molecule has 3 heterocycles. The van der Waals surface area contributed by atoms with E-state index in [4.69, 9.17) is 9.15 Å². The van der Waals surface area contributed by atoms with Crippen LogP contribution in [0.15, 0.2) is 36.6 Å². The Balaban J connectivity index is 1.46. The van der Waals surface area contributed by atoms with E-state index in [1.165, 1.54) is 12.1 Å². The molecule has 1 fully saturated rings. The van der Waals surface area contributed by atoms with Crippen molar-refractivity contribution >= 4 is 31.8 Å². The van der Waals surface area contributed by atoms with Gasteiger partial charge in [0.25, 0.3) is 5.92 Å². The van der Waals surface area contributed by atoms with Crippen molar-refractivity contribution in [3.8, 4) is 17.2 Å². The Kier molecular flexibility index (Phi) is 5.85. The minimum atomic E-state index is -3.80. The van der Waals surface area contributed by atoms with Gasteiger partial charge in [-0.15, -0.1) is 0 Å². The van der Waals surface area contributed by atoms with Crippen LogP contribution in [0.1, 0.15) is 6.42 Å². The summed E-state index contributed by atoms with van der Waals surface area (Å²) >= 11 is 3.03. The lowest BCUT2D eigenvalue weighted by Crippen LogP contribution is -2.58. The van der Waals surface area contributed by atoms with Crippen molar-refractivity contribution in [1.82, 2.24) is 24.3 Å². The fourth-order valence-electron chi connectivity index (χ4n) is 2.96. The van der Waals surface area contributed by atoms with Crippen molar-refractivity contribution in [2.24, 2.45) is 0 Å². The van der Waals surface area contributed by atoms with Crippen LogP contribution in [0.25, 0.3) is 17.2 Å². The molecule has 2 aromatic heterocycles. The van der Waals surface area contributed by atoms with Crippen LogP contribution in [0.3, 0.4) is 0 Å². The smallest absolute Gasteiger partial charge is 0.365 e. The Morgan fingerprint density at radius 3 is 2.66 bits per heavy atom. The van der Waals surface area contributed by atoms with E-state index in [1.54, 1.807) is 0 Å². The Morgan fingerprint density at radius 1 is 1.22 bits per heavy atom. The van der Waals surface area contributed by atoms with Crippen LogP contribution in [0, 0.1) is 5.82 Å². The number of anilines is 1. The van der Waals surface area contributed by atoms with Crippen LogP contribution in [-0.2, 0) is 10.0 Å². The highest BCUT2D eigenvalue weighted by Crippen LogP contribution is 2.30. The summed E-state index contributed by atoms with van der Waals surface area (Å²) < 4.78 is 74.6. The average molecular weight is 539 g/mol. The maximum atomic E-state index is 13.5. The Hall–Kier alpha value is -2.72. The molecule has 0 spiro atoms. The zero-order chi connectivity index (χ0) is 23.1.